The first kappa shape index (κ1) is 94.6. The molecule has 6 aromatic carbocycles. The van der Waals surface area contributed by atoms with Crippen LogP contribution in [0.4, 0.5) is 16.2 Å². The SMILES string of the molecule is CC1(C)C(/C=C/C2=C(Oc3ccc(S(=O)(=O)O)cc3)C(=C/C=C3/N(CCCS(=O)(=O)O)c4ccccc4C3(C)CCCC(=O)N[C@@H](Cc3ccccc3)C(=O)NC(Cc3ccccc3)C(=O)NCC(=O)NCCNC(=O)[C@H](Cc3ccccc3)NC(=O)CC[C@H](NC(=O)N[C@@H](CCC(=O)O)C(=O)O)C(=O)O)/CCC2)=[N+](CCCS(=O)(=O)[O-])c2ccccc21. The number of para-hydroxylation sites is 2. The van der Waals surface area contributed by atoms with Crippen LogP contribution in [0, 0.1) is 0 Å². The van der Waals surface area contributed by atoms with Crippen molar-refractivity contribution in [2.45, 2.75) is 163 Å². The molecule has 8 amide bonds. The van der Waals surface area contributed by atoms with Gasteiger partial charge in [0.15, 0.2) is 5.71 Å². The molecule has 0 radical (unpaired) electrons. The van der Waals surface area contributed by atoms with Crippen molar-refractivity contribution in [3.05, 3.63) is 239 Å². The number of carboxylic acids is 3. The largest absolute Gasteiger partial charge is 0.748 e. The zero-order chi connectivity index (χ0) is 89.2. The lowest BCUT2D eigenvalue weighted by Crippen LogP contribution is -2.56. The lowest BCUT2D eigenvalue weighted by Gasteiger charge is -2.31. The summed E-state index contributed by atoms with van der Waals surface area (Å²) in [6.45, 7) is 5.43. The zero-order valence-corrected chi connectivity index (χ0v) is 70.5. The van der Waals surface area contributed by atoms with E-state index in [1.54, 1.807) is 91.0 Å². The molecule has 0 saturated heterocycles. The van der Waals surface area contributed by atoms with Gasteiger partial charge >= 0.3 is 23.9 Å². The van der Waals surface area contributed by atoms with Gasteiger partial charge in [0.2, 0.25) is 41.1 Å². The predicted octanol–water partition coefficient (Wildman–Crippen LogP) is 6.74. The van der Waals surface area contributed by atoms with Crippen molar-refractivity contribution in [3.8, 4) is 5.75 Å². The summed E-state index contributed by atoms with van der Waals surface area (Å²) in [5.41, 5.74) is 6.68. The maximum absolute atomic E-state index is 14.8. The Morgan fingerprint density at radius 2 is 1.07 bits per heavy atom. The maximum Gasteiger partial charge on any atom is 0.326 e. The summed E-state index contributed by atoms with van der Waals surface area (Å²) in [5, 5.41) is 48.4. The highest BCUT2D eigenvalue weighted by molar-refractivity contribution is 7.86. The van der Waals surface area contributed by atoms with E-state index >= 15 is 0 Å². The molecular weight excluding hydrogens is 1650 g/mol. The van der Waals surface area contributed by atoms with Gasteiger partial charge in [-0.3, -0.25) is 42.7 Å². The Morgan fingerprint density at radius 1 is 0.537 bits per heavy atom. The quantitative estimate of drug-likeness (QED) is 0.0107. The van der Waals surface area contributed by atoms with Crippen LogP contribution >= 0.6 is 0 Å². The van der Waals surface area contributed by atoms with E-state index in [0.717, 1.165) is 33.8 Å². The summed E-state index contributed by atoms with van der Waals surface area (Å²) in [4.78, 5) is 133. The molecule has 2 aliphatic heterocycles. The van der Waals surface area contributed by atoms with E-state index in [1.165, 1.54) is 24.3 Å². The van der Waals surface area contributed by atoms with Gasteiger partial charge < -0.3 is 72.0 Å². The van der Waals surface area contributed by atoms with Crippen LogP contribution in [0.15, 0.2) is 216 Å². The number of anilines is 1. The molecule has 656 valence electrons. The van der Waals surface area contributed by atoms with E-state index in [2.05, 4.69) is 37.2 Å². The predicted molar refractivity (Wildman–Crippen MR) is 453 cm³/mol. The standard InChI is InChI=1S/C87H102N10O23S3/c1-86(2)64-29-13-15-31-71(64)96(49-19-51-121(111,112)113)73(86)42-34-60-27-17-28-61(79(60)120-62-36-38-63(39-37-62)123(117,118)119)35-43-74-87(3,65-30-14-16-32-72(65)97(74)50-20-52-122(114,115)116)46-18-33-75(98)92-70(55-59-25-11-6-12-26-59)82(105)93-69(54-58-23-9-5-10-24-58)81(104)90-56-77(100)88-47-48-89-80(103)68(53-57-21-7-4-8-22-57)91-76(99)44-40-66(83(106)107)94-85(110)95-67(84(108)109)41-45-78(101)102/h4-16,21-26,29-32,34-39,42-43,66-70H,17-20,27-28,33,40-41,44-56H2,1-3H3,(H13-,88,89,90,91,92,93,94,95,98,99,100,101,102,103,104,105,106,107,108,109,110,111,112,113,114,115,116,117,118,119)/t66-,67-,68-,69?,70-,87?/m0/s1. The number of nitrogens with zero attached hydrogens (tertiary/aromatic N) is 2. The number of carboxylic acid groups (broad SMARTS) is 3. The number of fused-ring (bicyclic) bond motifs is 2. The molecule has 0 saturated carbocycles. The number of rotatable bonds is 45. The first-order valence-corrected chi connectivity index (χ1v) is 44.6. The van der Waals surface area contributed by atoms with E-state index < -0.39 is 175 Å². The zero-order valence-electron chi connectivity index (χ0n) is 68.0. The average Bonchev–Trinajstić information content (AvgIpc) is 1.59. The van der Waals surface area contributed by atoms with Crippen LogP contribution in [-0.2, 0) is 104 Å². The first-order valence-electron chi connectivity index (χ1n) is 40.0. The Hall–Kier alpha value is -12.2. The fourth-order valence-electron chi connectivity index (χ4n) is 15.1. The molecule has 6 aromatic rings. The van der Waals surface area contributed by atoms with Gasteiger partial charge in [-0.2, -0.15) is 21.4 Å². The van der Waals surface area contributed by atoms with Crippen molar-refractivity contribution in [2.75, 3.05) is 49.1 Å². The van der Waals surface area contributed by atoms with Crippen LogP contribution in [0.2, 0.25) is 0 Å². The third-order valence-electron chi connectivity index (χ3n) is 21.3. The minimum atomic E-state index is -4.59. The number of carbonyl (C=O) groups is 10. The Balaban J connectivity index is 0.898. The molecule has 6 atom stereocenters. The highest BCUT2D eigenvalue weighted by Crippen LogP contribution is 2.51. The fraction of sp³-hybridized carbons (Fsp3) is 0.368. The van der Waals surface area contributed by atoms with Crippen LogP contribution in [0.1, 0.15) is 126 Å². The van der Waals surface area contributed by atoms with Gasteiger partial charge in [-0.15, -0.1) is 0 Å². The minimum Gasteiger partial charge on any atom is -0.748 e. The van der Waals surface area contributed by atoms with E-state index in [4.69, 9.17) is 9.84 Å². The van der Waals surface area contributed by atoms with Crippen molar-refractivity contribution in [1.82, 2.24) is 42.5 Å². The van der Waals surface area contributed by atoms with Crippen molar-refractivity contribution < 1.29 is 111 Å². The molecule has 36 heteroatoms. The fourth-order valence-corrected chi connectivity index (χ4v) is 16.5. The average molecular weight is 1750 g/mol. The molecule has 3 aliphatic rings. The number of benzene rings is 6. The summed E-state index contributed by atoms with van der Waals surface area (Å²) in [6, 6.07) is 38.1. The summed E-state index contributed by atoms with van der Waals surface area (Å²) in [5.74, 6) is -9.22. The molecule has 13 N–H and O–H groups in total. The van der Waals surface area contributed by atoms with Gasteiger partial charge in [0, 0.05) is 105 Å². The Labute approximate surface area is 713 Å². The molecule has 0 fully saturated rings. The lowest BCUT2D eigenvalue weighted by molar-refractivity contribution is -0.437. The number of aliphatic carboxylic acids is 3. The number of allylic oxidation sites excluding steroid dienone is 7. The molecule has 33 nitrogen and oxygen atoms in total. The molecule has 0 bridgehead atoms. The summed E-state index contributed by atoms with van der Waals surface area (Å²) >= 11 is 0. The minimum absolute atomic E-state index is 0.00341. The summed E-state index contributed by atoms with van der Waals surface area (Å²) < 4.78 is 113. The Bertz CT molecular complexity index is 5380. The number of hydrogen-bond donors (Lipinski definition) is 13. The van der Waals surface area contributed by atoms with Crippen molar-refractivity contribution in [1.29, 1.82) is 0 Å². The molecule has 1 aliphatic carbocycles. The highest BCUT2D eigenvalue weighted by Gasteiger charge is 2.46. The number of ether oxygens (including phenoxy) is 1. The van der Waals surface area contributed by atoms with Crippen molar-refractivity contribution in [2.24, 2.45) is 0 Å². The number of nitrogens with one attached hydrogen (secondary N) is 8. The van der Waals surface area contributed by atoms with Gasteiger partial charge in [-0.25, -0.2) is 22.8 Å². The summed E-state index contributed by atoms with van der Waals surface area (Å²) in [6.07, 6.45) is 7.37. The molecule has 9 rings (SSSR count). The molecule has 2 heterocycles. The second-order valence-electron chi connectivity index (χ2n) is 30.7. The van der Waals surface area contributed by atoms with Crippen molar-refractivity contribution >= 4 is 107 Å². The number of hydrogen-bond acceptors (Lipinski definition) is 19. The van der Waals surface area contributed by atoms with Crippen LogP contribution in [0.5, 0.6) is 5.75 Å². The van der Waals surface area contributed by atoms with Gasteiger partial charge in [0.05, 0.1) is 32.7 Å². The van der Waals surface area contributed by atoms with Gasteiger partial charge in [-0.1, -0.05) is 133 Å². The number of urea groups is 1. The van der Waals surface area contributed by atoms with E-state index in [9.17, 15) is 97.1 Å². The maximum atomic E-state index is 14.8. The molecular formula is C87H102N10O23S3. The highest BCUT2D eigenvalue weighted by atomic mass is 32.2. The Kier molecular flexibility index (Phi) is 33.5. The van der Waals surface area contributed by atoms with Gasteiger partial charge in [0.1, 0.15) is 48.3 Å². The first-order chi connectivity index (χ1) is 58.3. The van der Waals surface area contributed by atoms with Crippen LogP contribution in [0.3, 0.4) is 0 Å². The van der Waals surface area contributed by atoms with Gasteiger partial charge in [-0.05, 0) is 148 Å². The Morgan fingerprint density at radius 3 is 1.63 bits per heavy atom. The van der Waals surface area contributed by atoms with Crippen molar-refractivity contribution in [3.63, 3.8) is 0 Å². The molecule has 0 aromatic heterocycles. The normalized spacial score (nSPS) is 16.9. The second-order valence-corrected chi connectivity index (χ2v) is 35.2. The molecule has 2 unspecified atom stereocenters. The molecule has 0 spiro atoms. The van der Waals surface area contributed by atoms with Crippen LogP contribution < -0.4 is 52.2 Å². The van der Waals surface area contributed by atoms with E-state index in [0.29, 0.717) is 59.4 Å². The monoisotopic (exact) mass is 1750 g/mol. The lowest BCUT2D eigenvalue weighted by atomic mass is 9.77. The third kappa shape index (κ3) is 28.2. The number of amides is 8. The smallest absolute Gasteiger partial charge is 0.326 e. The van der Waals surface area contributed by atoms with E-state index in [1.807, 2.05) is 108 Å². The topological polar surface area (TPSA) is 509 Å². The summed E-state index contributed by atoms with van der Waals surface area (Å²) in [7, 11) is -13.5. The van der Waals surface area contributed by atoms with Crippen LogP contribution in [-0.4, -0.2) is 198 Å². The third-order valence-corrected chi connectivity index (χ3v) is 23.7. The van der Waals surface area contributed by atoms with E-state index in [-0.39, 0.29) is 81.8 Å². The van der Waals surface area contributed by atoms with Crippen LogP contribution in [0.25, 0.3) is 0 Å². The number of carbonyl (C=O) groups excluding carboxylic acids is 7. The second kappa shape index (κ2) is 43.5. The van der Waals surface area contributed by atoms with Gasteiger partial charge in [0.25, 0.3) is 20.2 Å². The molecule has 123 heavy (non-hydrogen) atoms.